The SMILES string of the molecule is c1ccc(N(c2ccc3oc4ncccc4c3c2)c2ccc3oc4cccnc4c3c2)cc1. The van der Waals surface area contributed by atoms with Gasteiger partial charge in [-0.2, -0.15) is 0 Å². The summed E-state index contributed by atoms with van der Waals surface area (Å²) in [6, 6.07) is 30.6. The van der Waals surface area contributed by atoms with Crippen molar-refractivity contribution in [3.63, 3.8) is 0 Å². The molecule has 0 bridgehead atoms. The summed E-state index contributed by atoms with van der Waals surface area (Å²) in [6.07, 6.45) is 3.55. The molecule has 0 fully saturated rings. The molecule has 0 aliphatic rings. The molecule has 3 aromatic carbocycles. The molecule has 0 spiro atoms. The molecule has 0 unspecified atom stereocenters. The lowest BCUT2D eigenvalue weighted by Crippen LogP contribution is -2.09. The van der Waals surface area contributed by atoms with Gasteiger partial charge in [-0.05, 0) is 72.8 Å². The van der Waals surface area contributed by atoms with E-state index in [4.69, 9.17) is 8.83 Å². The Labute approximate surface area is 188 Å². The van der Waals surface area contributed by atoms with Crippen molar-refractivity contribution in [2.24, 2.45) is 0 Å². The number of aromatic nitrogens is 2. The maximum atomic E-state index is 5.99. The lowest BCUT2D eigenvalue weighted by atomic mass is 10.1. The summed E-state index contributed by atoms with van der Waals surface area (Å²) in [7, 11) is 0. The molecular weight excluding hydrogens is 410 g/mol. The van der Waals surface area contributed by atoms with Gasteiger partial charge in [0.25, 0.3) is 0 Å². The van der Waals surface area contributed by atoms with E-state index in [1.807, 2.05) is 54.6 Å². The van der Waals surface area contributed by atoms with Gasteiger partial charge in [0.1, 0.15) is 16.7 Å². The quantitative estimate of drug-likeness (QED) is 0.289. The second-order valence-corrected chi connectivity index (χ2v) is 7.94. The summed E-state index contributed by atoms with van der Waals surface area (Å²) in [6.45, 7) is 0. The van der Waals surface area contributed by atoms with Gasteiger partial charge >= 0.3 is 0 Å². The van der Waals surface area contributed by atoms with Crippen LogP contribution >= 0.6 is 0 Å². The van der Waals surface area contributed by atoms with Crippen LogP contribution in [0.3, 0.4) is 0 Å². The molecule has 0 aliphatic heterocycles. The predicted molar refractivity (Wildman–Crippen MR) is 131 cm³/mol. The molecule has 4 heterocycles. The average molecular weight is 427 g/mol. The highest BCUT2D eigenvalue weighted by Crippen LogP contribution is 2.40. The Balaban J connectivity index is 1.48. The molecular formula is C28H17N3O2. The van der Waals surface area contributed by atoms with Crippen molar-refractivity contribution in [3.05, 3.63) is 103 Å². The molecule has 5 nitrogen and oxygen atoms in total. The Kier molecular flexibility index (Phi) is 3.78. The van der Waals surface area contributed by atoms with Crippen molar-refractivity contribution in [1.29, 1.82) is 0 Å². The van der Waals surface area contributed by atoms with Crippen LogP contribution < -0.4 is 4.90 Å². The number of benzene rings is 3. The maximum absolute atomic E-state index is 5.99. The molecule has 7 rings (SSSR count). The zero-order valence-electron chi connectivity index (χ0n) is 17.5. The summed E-state index contributed by atoms with van der Waals surface area (Å²) < 4.78 is 11.9. The van der Waals surface area contributed by atoms with E-state index in [-0.39, 0.29) is 0 Å². The Morgan fingerprint density at radius 2 is 1.24 bits per heavy atom. The van der Waals surface area contributed by atoms with Crippen LogP contribution in [0.15, 0.2) is 112 Å². The Hall–Kier alpha value is -4.64. The molecule has 7 aromatic rings. The van der Waals surface area contributed by atoms with E-state index in [0.717, 1.165) is 55.5 Å². The lowest BCUT2D eigenvalue weighted by Gasteiger charge is -2.25. The normalized spacial score (nSPS) is 11.6. The van der Waals surface area contributed by atoms with Crippen molar-refractivity contribution in [1.82, 2.24) is 9.97 Å². The first-order valence-corrected chi connectivity index (χ1v) is 10.7. The Morgan fingerprint density at radius 3 is 2.09 bits per heavy atom. The summed E-state index contributed by atoms with van der Waals surface area (Å²) in [4.78, 5) is 11.2. The number of rotatable bonds is 3. The van der Waals surface area contributed by atoms with E-state index in [0.29, 0.717) is 5.71 Å². The van der Waals surface area contributed by atoms with Gasteiger partial charge in [-0.1, -0.05) is 18.2 Å². The average Bonchev–Trinajstić information content (AvgIpc) is 3.43. The number of anilines is 3. The minimum Gasteiger partial charge on any atom is -0.454 e. The number of para-hydroxylation sites is 1. The number of fused-ring (bicyclic) bond motifs is 6. The first-order valence-electron chi connectivity index (χ1n) is 10.7. The van der Waals surface area contributed by atoms with Crippen LogP contribution in [0.25, 0.3) is 44.1 Å². The Morgan fingerprint density at radius 1 is 0.515 bits per heavy atom. The zero-order valence-corrected chi connectivity index (χ0v) is 17.5. The van der Waals surface area contributed by atoms with Crippen LogP contribution in [-0.4, -0.2) is 9.97 Å². The van der Waals surface area contributed by atoms with E-state index in [2.05, 4.69) is 51.3 Å². The van der Waals surface area contributed by atoms with Gasteiger partial charge in [-0.15, -0.1) is 0 Å². The van der Waals surface area contributed by atoms with Crippen molar-refractivity contribution in [2.75, 3.05) is 4.90 Å². The summed E-state index contributed by atoms with van der Waals surface area (Å²) in [5.74, 6) is 0. The van der Waals surface area contributed by atoms with E-state index >= 15 is 0 Å². The fraction of sp³-hybridized carbons (Fsp3) is 0. The summed E-state index contributed by atoms with van der Waals surface area (Å²) in [5.41, 5.74) is 7.05. The minimum atomic E-state index is 0.647. The third-order valence-electron chi connectivity index (χ3n) is 5.97. The summed E-state index contributed by atoms with van der Waals surface area (Å²) >= 11 is 0. The molecule has 0 saturated carbocycles. The van der Waals surface area contributed by atoms with E-state index in [1.54, 1.807) is 12.4 Å². The smallest absolute Gasteiger partial charge is 0.227 e. The number of nitrogens with zero attached hydrogens (tertiary/aromatic N) is 3. The van der Waals surface area contributed by atoms with Gasteiger partial charge in [0.2, 0.25) is 5.71 Å². The van der Waals surface area contributed by atoms with E-state index < -0.39 is 0 Å². The van der Waals surface area contributed by atoms with Gasteiger partial charge in [0, 0.05) is 45.6 Å². The number of hydrogen-bond donors (Lipinski definition) is 0. The van der Waals surface area contributed by atoms with Gasteiger partial charge < -0.3 is 13.7 Å². The maximum Gasteiger partial charge on any atom is 0.227 e. The van der Waals surface area contributed by atoms with E-state index in [9.17, 15) is 0 Å². The van der Waals surface area contributed by atoms with Crippen molar-refractivity contribution in [3.8, 4) is 0 Å². The van der Waals surface area contributed by atoms with Crippen molar-refractivity contribution < 1.29 is 8.83 Å². The molecule has 0 atom stereocenters. The second-order valence-electron chi connectivity index (χ2n) is 7.94. The highest BCUT2D eigenvalue weighted by atomic mass is 16.3. The molecule has 0 saturated heterocycles. The van der Waals surface area contributed by atoms with Crippen molar-refractivity contribution in [2.45, 2.75) is 0 Å². The monoisotopic (exact) mass is 427 g/mol. The fourth-order valence-corrected chi connectivity index (χ4v) is 4.49. The molecule has 5 heteroatoms. The highest BCUT2D eigenvalue weighted by Gasteiger charge is 2.17. The largest absolute Gasteiger partial charge is 0.454 e. The molecule has 33 heavy (non-hydrogen) atoms. The molecule has 0 radical (unpaired) electrons. The second kappa shape index (κ2) is 6.93. The number of pyridine rings is 2. The Bertz CT molecular complexity index is 1670. The van der Waals surface area contributed by atoms with Gasteiger partial charge in [0.15, 0.2) is 5.58 Å². The van der Waals surface area contributed by atoms with E-state index in [1.165, 1.54) is 0 Å². The van der Waals surface area contributed by atoms with Gasteiger partial charge in [-0.25, -0.2) is 4.98 Å². The molecule has 0 N–H and O–H groups in total. The predicted octanol–water partition coefficient (Wildman–Crippen LogP) is 7.75. The lowest BCUT2D eigenvalue weighted by molar-refractivity contribution is 0.654. The molecule has 0 amide bonds. The van der Waals surface area contributed by atoms with Crippen LogP contribution in [-0.2, 0) is 0 Å². The van der Waals surface area contributed by atoms with Crippen LogP contribution in [0.4, 0.5) is 17.1 Å². The van der Waals surface area contributed by atoms with Crippen molar-refractivity contribution >= 4 is 61.2 Å². The van der Waals surface area contributed by atoms with Crippen LogP contribution in [0.1, 0.15) is 0 Å². The molecule has 0 aliphatic carbocycles. The highest BCUT2D eigenvalue weighted by molar-refractivity contribution is 6.06. The first kappa shape index (κ1) is 18.0. The van der Waals surface area contributed by atoms with Crippen LogP contribution in [0.2, 0.25) is 0 Å². The van der Waals surface area contributed by atoms with Gasteiger partial charge in [0.05, 0.1) is 0 Å². The van der Waals surface area contributed by atoms with Crippen LogP contribution in [0.5, 0.6) is 0 Å². The first-order chi connectivity index (χ1) is 16.3. The number of furan rings is 2. The van der Waals surface area contributed by atoms with Crippen LogP contribution in [0, 0.1) is 0 Å². The zero-order chi connectivity index (χ0) is 21.8. The standard InChI is InChI=1S/C28H17N3O2/c1-2-6-18(7-3-1)31(19-10-12-24-22(16-19)21-8-4-15-30-28(21)33-24)20-11-13-25-23(17-20)27-26(32-25)9-5-14-29-27/h1-17H. The summed E-state index contributed by atoms with van der Waals surface area (Å²) in [5, 5.41) is 3.03. The third-order valence-corrected chi connectivity index (χ3v) is 5.97. The number of hydrogen-bond acceptors (Lipinski definition) is 5. The fourth-order valence-electron chi connectivity index (χ4n) is 4.49. The minimum absolute atomic E-state index is 0.647. The molecule has 4 aromatic heterocycles. The third kappa shape index (κ3) is 2.79. The topological polar surface area (TPSA) is 55.3 Å². The van der Waals surface area contributed by atoms with Gasteiger partial charge in [-0.3, -0.25) is 4.98 Å². The molecule has 156 valence electrons.